The second-order valence-electron chi connectivity index (χ2n) is 0. The van der Waals surface area contributed by atoms with E-state index < -0.39 is 0 Å². The summed E-state index contributed by atoms with van der Waals surface area (Å²) >= 11 is 0. The average molecular weight is 627 g/mol. The van der Waals surface area contributed by atoms with Gasteiger partial charge in [-0.1, -0.05) is 0 Å². The fourth-order valence-corrected chi connectivity index (χ4v) is 0. The van der Waals surface area contributed by atoms with E-state index in [-0.39, 0.29) is 196 Å². The Morgan fingerprint density at radius 1 is 0.182 bits per heavy atom. The van der Waals surface area contributed by atoms with Crippen molar-refractivity contribution in [3.8, 4) is 0 Å². The van der Waals surface area contributed by atoms with Crippen LogP contribution in [0.2, 0.25) is 0 Å². The molecule has 29 radical (unpaired) electrons. The van der Waals surface area contributed by atoms with Crippen LogP contribution in [0, 0.1) is 0 Å². The first kappa shape index (κ1) is 119. The van der Waals surface area contributed by atoms with Gasteiger partial charge in [0.15, 0.2) is 0 Å². The van der Waals surface area contributed by atoms with Crippen molar-refractivity contribution in [1.29, 1.82) is 0 Å². The number of rotatable bonds is 0. The predicted molar refractivity (Wildman–Crippen MR) is 51.8 cm³/mol. The van der Waals surface area contributed by atoms with E-state index in [1.807, 2.05) is 0 Å². The van der Waals surface area contributed by atoms with Gasteiger partial charge in [-0.05, 0) is 0 Å². The maximum absolute atomic E-state index is 0. The molecule has 0 heterocycles. The molecule has 11 heavy (non-hydrogen) atoms. The van der Waals surface area contributed by atoms with Crippen molar-refractivity contribution < 1.29 is 40.2 Å². The molecule has 0 amide bonds. The molecule has 0 saturated heterocycles. The Kier molecular flexibility index (Phi) is 1070. The minimum absolute atomic E-state index is 0. The molecule has 0 bridgehead atoms. The quantitative estimate of drug-likeness (QED) is 0.246. The normalized spacial score (nSPS) is 0. The van der Waals surface area contributed by atoms with Crippen LogP contribution >= 0.6 is 0 Å². The molecule has 0 saturated carbocycles. The van der Waals surface area contributed by atoms with Gasteiger partial charge in [0.25, 0.3) is 0 Å². The Morgan fingerprint density at radius 3 is 0.182 bits per heavy atom. The molecule has 0 aliphatic carbocycles. The molecular weight excluding hydrogens is 627 g/mol. The zero-order valence-corrected chi connectivity index (χ0v) is 21.0. The van der Waals surface area contributed by atoms with Gasteiger partial charge in [0, 0.05) is 196 Å². The molecule has 0 aromatic rings. The Labute approximate surface area is 192 Å². The molecule has 0 N–H and O–H groups in total. The van der Waals surface area contributed by atoms with Crippen LogP contribution in [-0.4, -0.2) is 156 Å². The third-order valence-corrected chi connectivity index (χ3v) is 0. The monoisotopic (exact) mass is 629 g/mol. The molecule has 0 aromatic heterocycles. The van der Waals surface area contributed by atoms with Crippen LogP contribution in [0.3, 0.4) is 0 Å². The average Bonchev–Trinajstić information content (AvgIpc) is 0. The molecule has 0 unspecified atom stereocenters. The SMILES string of the molecule is [Al].[Al].[Al].[Al].[Al].[Al].[Al].[Al].[Al].[Ir].[Ir]. The van der Waals surface area contributed by atoms with Gasteiger partial charge in [0.1, 0.15) is 0 Å². The molecule has 45 valence electrons. The Bertz CT molecular complexity index is 7.52. The summed E-state index contributed by atoms with van der Waals surface area (Å²) in [6, 6.07) is 0. The minimum atomic E-state index is 0. The fourth-order valence-electron chi connectivity index (χ4n) is 0. The van der Waals surface area contributed by atoms with Crippen molar-refractivity contribution in [3.63, 3.8) is 0 Å². The van der Waals surface area contributed by atoms with E-state index in [0.717, 1.165) is 0 Å². The summed E-state index contributed by atoms with van der Waals surface area (Å²) in [6.07, 6.45) is 0. The first-order chi connectivity index (χ1) is 0. The first-order valence-electron chi connectivity index (χ1n) is 0. The molecule has 0 aliphatic heterocycles. The molecule has 11 heteroatoms. The van der Waals surface area contributed by atoms with Crippen LogP contribution in [0.4, 0.5) is 0 Å². The number of hydrogen-bond acceptors (Lipinski definition) is 0. The topological polar surface area (TPSA) is 0 Å². The van der Waals surface area contributed by atoms with Gasteiger partial charge in [-0.2, -0.15) is 0 Å². The Hall–Kier alpha value is 6.09. The van der Waals surface area contributed by atoms with Crippen molar-refractivity contribution >= 4 is 156 Å². The van der Waals surface area contributed by atoms with Crippen LogP contribution < -0.4 is 0 Å². The second-order valence-corrected chi connectivity index (χ2v) is 0. The fraction of sp³-hybridized carbons (Fsp3) is 0. The van der Waals surface area contributed by atoms with Crippen LogP contribution in [-0.2, 0) is 40.2 Å². The molecule has 0 rings (SSSR count). The third-order valence-electron chi connectivity index (χ3n) is 0. The summed E-state index contributed by atoms with van der Waals surface area (Å²) in [5, 5.41) is 0. The van der Waals surface area contributed by atoms with Crippen LogP contribution in [0.5, 0.6) is 0 Å². The molecule has 0 atom stereocenters. The summed E-state index contributed by atoms with van der Waals surface area (Å²) in [5.74, 6) is 0. The van der Waals surface area contributed by atoms with Crippen LogP contribution in [0.25, 0.3) is 0 Å². The molecule has 0 nitrogen and oxygen atoms in total. The molecule has 0 spiro atoms. The second kappa shape index (κ2) is 98.8. The van der Waals surface area contributed by atoms with E-state index in [0.29, 0.717) is 0 Å². The van der Waals surface area contributed by atoms with Crippen molar-refractivity contribution in [2.75, 3.05) is 0 Å². The van der Waals surface area contributed by atoms with Gasteiger partial charge in [0.05, 0.1) is 0 Å². The molecule has 0 aromatic carbocycles. The molecular formula is Al9Ir2. The van der Waals surface area contributed by atoms with E-state index in [4.69, 9.17) is 0 Å². The van der Waals surface area contributed by atoms with Crippen molar-refractivity contribution in [2.45, 2.75) is 0 Å². The van der Waals surface area contributed by atoms with Crippen molar-refractivity contribution in [2.24, 2.45) is 0 Å². The van der Waals surface area contributed by atoms with E-state index >= 15 is 0 Å². The first-order valence-corrected chi connectivity index (χ1v) is 0. The summed E-state index contributed by atoms with van der Waals surface area (Å²) in [6.45, 7) is 0. The number of hydrogen-bond donors (Lipinski definition) is 0. The van der Waals surface area contributed by atoms with Crippen molar-refractivity contribution in [3.05, 3.63) is 0 Å². The molecule has 0 fully saturated rings. The van der Waals surface area contributed by atoms with Gasteiger partial charge in [-0.15, -0.1) is 0 Å². The van der Waals surface area contributed by atoms with Crippen molar-refractivity contribution in [1.82, 2.24) is 0 Å². The summed E-state index contributed by atoms with van der Waals surface area (Å²) in [4.78, 5) is 0. The van der Waals surface area contributed by atoms with Gasteiger partial charge in [0.2, 0.25) is 0 Å². The van der Waals surface area contributed by atoms with Crippen LogP contribution in [0.15, 0.2) is 0 Å². The largest absolute Gasteiger partial charge is 0 e. The van der Waals surface area contributed by atoms with E-state index in [9.17, 15) is 0 Å². The predicted octanol–water partition coefficient (Wildman–Crippen LogP) is -3.43. The maximum Gasteiger partial charge on any atom is 0 e. The standard InChI is InChI=1S/9Al.2Ir. The third kappa shape index (κ3) is 86.1. The zero-order valence-electron chi connectivity index (χ0n) is 5.86. The van der Waals surface area contributed by atoms with Gasteiger partial charge < -0.3 is 0 Å². The smallest absolute Gasteiger partial charge is 0 e. The Morgan fingerprint density at radius 2 is 0.182 bits per heavy atom. The van der Waals surface area contributed by atoms with Gasteiger partial charge in [-0.3, -0.25) is 0 Å². The maximum atomic E-state index is 0. The van der Waals surface area contributed by atoms with E-state index in [2.05, 4.69) is 0 Å². The van der Waals surface area contributed by atoms with E-state index in [1.54, 1.807) is 0 Å². The minimum Gasteiger partial charge on any atom is 0 e. The zero-order chi connectivity index (χ0) is 0. The van der Waals surface area contributed by atoms with Gasteiger partial charge in [-0.25, -0.2) is 0 Å². The summed E-state index contributed by atoms with van der Waals surface area (Å²) in [5.41, 5.74) is 0. The Balaban J connectivity index is 0. The summed E-state index contributed by atoms with van der Waals surface area (Å²) in [7, 11) is 0. The molecule has 0 aliphatic rings. The van der Waals surface area contributed by atoms with E-state index in [1.165, 1.54) is 0 Å². The summed E-state index contributed by atoms with van der Waals surface area (Å²) < 4.78 is 0. The van der Waals surface area contributed by atoms with Gasteiger partial charge >= 0.3 is 0 Å². The van der Waals surface area contributed by atoms with Crippen LogP contribution in [0.1, 0.15) is 0 Å².